The second-order valence-corrected chi connectivity index (χ2v) is 7.14. The van der Waals surface area contributed by atoms with Gasteiger partial charge in [0, 0.05) is 31.6 Å². The Morgan fingerprint density at radius 3 is 2.53 bits per heavy atom. The van der Waals surface area contributed by atoms with E-state index in [1.54, 1.807) is 39.1 Å². The van der Waals surface area contributed by atoms with Gasteiger partial charge in [0.05, 0.1) is 17.4 Å². The van der Waals surface area contributed by atoms with Gasteiger partial charge in [0.2, 0.25) is 5.91 Å². The van der Waals surface area contributed by atoms with Crippen molar-refractivity contribution in [2.24, 2.45) is 0 Å². The third kappa shape index (κ3) is 3.38. The molecule has 0 unspecified atom stereocenters. The van der Waals surface area contributed by atoms with E-state index in [1.165, 1.54) is 10.7 Å². The van der Waals surface area contributed by atoms with Crippen molar-refractivity contribution in [3.05, 3.63) is 54.5 Å². The highest BCUT2D eigenvalue weighted by atomic mass is 19.1. The molecule has 1 aliphatic rings. The van der Waals surface area contributed by atoms with Gasteiger partial charge in [0.15, 0.2) is 0 Å². The van der Waals surface area contributed by atoms with Crippen LogP contribution in [0.3, 0.4) is 0 Å². The van der Waals surface area contributed by atoms with Crippen LogP contribution in [0.4, 0.5) is 14.9 Å². The molecule has 8 heteroatoms. The van der Waals surface area contributed by atoms with Crippen molar-refractivity contribution in [2.45, 2.75) is 13.8 Å². The van der Waals surface area contributed by atoms with Crippen LogP contribution in [-0.4, -0.2) is 64.2 Å². The van der Waals surface area contributed by atoms with Gasteiger partial charge >= 0.3 is 6.03 Å². The second kappa shape index (κ2) is 8.14. The number of anilines is 1. The molecule has 1 aliphatic heterocycles. The van der Waals surface area contributed by atoms with Gasteiger partial charge in [-0.3, -0.25) is 9.69 Å². The van der Waals surface area contributed by atoms with E-state index in [1.807, 2.05) is 32.0 Å². The Bertz CT molecular complexity index is 1090. The van der Waals surface area contributed by atoms with Crippen LogP contribution in [0.25, 0.3) is 16.6 Å². The fraction of sp³-hybridized carbons (Fsp3) is 0.318. The van der Waals surface area contributed by atoms with Gasteiger partial charge in [0.25, 0.3) is 0 Å². The quantitative estimate of drug-likeness (QED) is 0.628. The lowest BCUT2D eigenvalue weighted by Gasteiger charge is -2.23. The molecule has 0 atom stereocenters. The van der Waals surface area contributed by atoms with Crippen LogP contribution >= 0.6 is 0 Å². The van der Waals surface area contributed by atoms with Crippen LogP contribution in [0.1, 0.15) is 13.8 Å². The Balaban J connectivity index is 1.62. The summed E-state index contributed by atoms with van der Waals surface area (Å²) in [5, 5.41) is 5.12. The maximum Gasteiger partial charge on any atom is 0.325 e. The summed E-state index contributed by atoms with van der Waals surface area (Å²) < 4.78 is 15.8. The first-order chi connectivity index (χ1) is 14.5. The van der Waals surface area contributed by atoms with Crippen molar-refractivity contribution in [2.75, 3.05) is 37.6 Å². The number of aromatic nitrogens is 2. The molecule has 2 heterocycles. The summed E-state index contributed by atoms with van der Waals surface area (Å²) in [4.78, 5) is 30.4. The second-order valence-electron chi connectivity index (χ2n) is 7.14. The van der Waals surface area contributed by atoms with E-state index in [9.17, 15) is 14.0 Å². The minimum Gasteiger partial charge on any atom is -0.342 e. The predicted molar refractivity (Wildman–Crippen MR) is 113 cm³/mol. The Labute approximate surface area is 174 Å². The summed E-state index contributed by atoms with van der Waals surface area (Å²) >= 11 is 0. The minimum absolute atomic E-state index is 0.0548. The van der Waals surface area contributed by atoms with Gasteiger partial charge in [-0.25, -0.2) is 13.9 Å². The van der Waals surface area contributed by atoms with Crippen LogP contribution in [0.5, 0.6) is 0 Å². The van der Waals surface area contributed by atoms with Gasteiger partial charge < -0.3 is 9.80 Å². The first kappa shape index (κ1) is 19.9. The first-order valence-electron chi connectivity index (χ1n) is 10.1. The Hall–Kier alpha value is -3.42. The monoisotopic (exact) mass is 409 g/mol. The number of nitrogens with zero attached hydrogens (tertiary/aromatic N) is 5. The Morgan fingerprint density at radius 1 is 1.07 bits per heavy atom. The topological polar surface area (TPSA) is 61.7 Å². The molecule has 1 aromatic heterocycles. The molecule has 0 spiro atoms. The average Bonchev–Trinajstić information content (AvgIpc) is 3.33. The molecule has 156 valence electrons. The van der Waals surface area contributed by atoms with E-state index < -0.39 is 0 Å². The van der Waals surface area contributed by atoms with Crippen LogP contribution in [0, 0.1) is 5.82 Å². The molecule has 0 aliphatic carbocycles. The van der Waals surface area contributed by atoms with Crippen molar-refractivity contribution in [3.63, 3.8) is 0 Å². The van der Waals surface area contributed by atoms with E-state index >= 15 is 0 Å². The van der Waals surface area contributed by atoms with Gasteiger partial charge in [0.1, 0.15) is 18.0 Å². The molecule has 4 rings (SSSR count). The summed E-state index contributed by atoms with van der Waals surface area (Å²) in [6, 6.07) is 11.8. The fourth-order valence-electron chi connectivity index (χ4n) is 3.88. The molecule has 7 nitrogen and oxygen atoms in total. The average molecular weight is 409 g/mol. The number of urea groups is 1. The maximum absolute atomic E-state index is 14.3. The maximum atomic E-state index is 14.3. The van der Waals surface area contributed by atoms with Crippen molar-refractivity contribution in [1.82, 2.24) is 19.6 Å². The molecule has 3 amide bonds. The number of rotatable bonds is 6. The molecule has 0 N–H and O–H groups in total. The highest BCUT2D eigenvalue weighted by Crippen LogP contribution is 2.31. The zero-order chi connectivity index (χ0) is 21.3. The van der Waals surface area contributed by atoms with Crippen LogP contribution in [-0.2, 0) is 4.79 Å². The predicted octanol–water partition coefficient (Wildman–Crippen LogP) is 3.28. The third-order valence-electron chi connectivity index (χ3n) is 5.50. The number of amides is 3. The molecular formula is C22H24FN5O2. The van der Waals surface area contributed by atoms with Gasteiger partial charge in [-0.15, -0.1) is 0 Å². The molecule has 0 saturated carbocycles. The summed E-state index contributed by atoms with van der Waals surface area (Å²) in [7, 11) is 0. The van der Waals surface area contributed by atoms with E-state index in [2.05, 4.69) is 5.10 Å². The SMILES string of the molecule is CCN(CC)C(=O)CN1CCN(c2cccc3c2cnn3-c2ccccc2F)C1=O. The van der Waals surface area contributed by atoms with E-state index in [-0.39, 0.29) is 24.3 Å². The summed E-state index contributed by atoms with van der Waals surface area (Å²) in [5.74, 6) is -0.424. The van der Waals surface area contributed by atoms with Crippen LogP contribution in [0.15, 0.2) is 48.7 Å². The van der Waals surface area contributed by atoms with Crippen molar-refractivity contribution in [3.8, 4) is 5.69 Å². The number of hydrogen-bond acceptors (Lipinski definition) is 3. The van der Waals surface area contributed by atoms with Gasteiger partial charge in [-0.2, -0.15) is 5.10 Å². The Kier molecular flexibility index (Phi) is 5.39. The van der Waals surface area contributed by atoms with Crippen LogP contribution < -0.4 is 4.90 Å². The lowest BCUT2D eigenvalue weighted by Crippen LogP contribution is -2.42. The number of carbonyl (C=O) groups excluding carboxylic acids is 2. The molecule has 0 radical (unpaired) electrons. The zero-order valence-corrected chi connectivity index (χ0v) is 17.1. The summed E-state index contributed by atoms with van der Waals surface area (Å²) in [5.41, 5.74) is 1.77. The largest absolute Gasteiger partial charge is 0.342 e. The molecule has 30 heavy (non-hydrogen) atoms. The minimum atomic E-state index is -0.369. The van der Waals surface area contributed by atoms with E-state index in [0.717, 1.165) is 5.39 Å². The number of carbonyl (C=O) groups is 2. The highest BCUT2D eigenvalue weighted by molar-refractivity contribution is 6.04. The van der Waals surface area contributed by atoms with Gasteiger partial charge in [-0.05, 0) is 38.1 Å². The number of halogens is 1. The number of fused-ring (bicyclic) bond motifs is 1. The van der Waals surface area contributed by atoms with E-state index in [4.69, 9.17) is 0 Å². The van der Waals surface area contributed by atoms with E-state index in [0.29, 0.717) is 43.1 Å². The Morgan fingerprint density at radius 2 is 1.80 bits per heavy atom. The van der Waals surface area contributed by atoms with Crippen molar-refractivity contribution >= 4 is 28.5 Å². The molecule has 2 aromatic carbocycles. The number of benzene rings is 2. The molecule has 1 fully saturated rings. The summed E-state index contributed by atoms with van der Waals surface area (Å²) in [6.45, 7) is 6.12. The van der Waals surface area contributed by atoms with Gasteiger partial charge in [-0.1, -0.05) is 18.2 Å². The molecule has 3 aromatic rings. The lowest BCUT2D eigenvalue weighted by atomic mass is 10.2. The normalized spacial score (nSPS) is 14.0. The highest BCUT2D eigenvalue weighted by Gasteiger charge is 2.32. The number of hydrogen-bond donors (Lipinski definition) is 0. The smallest absolute Gasteiger partial charge is 0.325 e. The fourth-order valence-corrected chi connectivity index (χ4v) is 3.88. The molecule has 0 bridgehead atoms. The third-order valence-corrected chi connectivity index (χ3v) is 5.50. The van der Waals surface area contributed by atoms with Crippen molar-refractivity contribution in [1.29, 1.82) is 0 Å². The lowest BCUT2D eigenvalue weighted by molar-refractivity contribution is -0.131. The first-order valence-corrected chi connectivity index (χ1v) is 10.1. The standard InChI is InChI=1S/C22H24FN5O2/c1-3-25(4-2)21(29)15-26-12-13-27(22(26)30)18-10-7-11-19-16(18)14-24-28(19)20-9-6-5-8-17(20)23/h5-11,14H,3-4,12-13,15H2,1-2H3. The number of para-hydroxylation sites is 1. The number of likely N-dealkylation sites (N-methyl/N-ethyl adjacent to an activating group) is 1. The zero-order valence-electron chi connectivity index (χ0n) is 17.1. The molecular weight excluding hydrogens is 385 g/mol. The van der Waals surface area contributed by atoms with Crippen LogP contribution in [0.2, 0.25) is 0 Å². The van der Waals surface area contributed by atoms with Crippen molar-refractivity contribution < 1.29 is 14.0 Å². The molecule has 1 saturated heterocycles. The summed E-state index contributed by atoms with van der Waals surface area (Å²) in [6.07, 6.45) is 1.65.